The monoisotopic (exact) mass is 1530 g/mol. The number of morpholine rings is 3. The molecule has 5 heterocycles. The van der Waals surface area contributed by atoms with Crippen molar-refractivity contribution >= 4 is 76.6 Å². The van der Waals surface area contributed by atoms with Gasteiger partial charge in [-0.1, -0.05) is 125 Å². The van der Waals surface area contributed by atoms with E-state index in [4.69, 9.17) is 44.5 Å². The number of halogens is 2. The molecule has 5 aromatic carbocycles. The molecule has 5 aromatic rings. The Morgan fingerprint density at radius 3 is 1.28 bits per heavy atom. The number of nitrogens with two attached hydrogens (primary N) is 1. The molecule has 5 fully saturated rings. The average Bonchev–Trinajstić information content (AvgIpc) is 0.779. The number of amides is 6. The van der Waals surface area contributed by atoms with Crippen LogP contribution in [0.1, 0.15) is 161 Å². The van der Waals surface area contributed by atoms with Gasteiger partial charge in [0.25, 0.3) is 5.91 Å². The molecule has 6 amide bonds. The first kappa shape index (κ1) is 90.2. The Labute approximate surface area is 637 Å². The largest absolute Gasteiger partial charge is 0.480 e. The minimum Gasteiger partial charge on any atom is -0.480 e. The summed E-state index contributed by atoms with van der Waals surface area (Å²) in [5.74, 6) is -2.27. The van der Waals surface area contributed by atoms with Crippen LogP contribution in [-0.2, 0) is 57.6 Å². The number of nitrogens with one attached hydrogen (secondary N) is 3. The van der Waals surface area contributed by atoms with Crippen LogP contribution in [-0.4, -0.2) is 189 Å². The van der Waals surface area contributed by atoms with Crippen LogP contribution in [0.25, 0.3) is 0 Å². The van der Waals surface area contributed by atoms with Crippen molar-refractivity contribution in [2.24, 2.45) is 17.6 Å². The number of nitriles is 1. The fourth-order valence-electron chi connectivity index (χ4n) is 11.2. The molecule has 10 rings (SSSR count). The van der Waals surface area contributed by atoms with Gasteiger partial charge in [-0.25, -0.2) is 22.8 Å². The summed E-state index contributed by atoms with van der Waals surface area (Å²) in [6.07, 6.45) is 0.825. The number of aliphatic carboxylic acids is 1. The molecule has 582 valence electrons. The smallest absolute Gasteiger partial charge is 0.411 e. The summed E-state index contributed by atoms with van der Waals surface area (Å²) in [7, 11) is -3.80. The highest BCUT2D eigenvalue weighted by Crippen LogP contribution is 2.28. The lowest BCUT2D eigenvalue weighted by Gasteiger charge is -2.36. The first-order chi connectivity index (χ1) is 49.0. The van der Waals surface area contributed by atoms with E-state index in [-0.39, 0.29) is 142 Å². The Morgan fingerprint density at radius 2 is 0.906 bits per heavy atom. The van der Waals surface area contributed by atoms with Gasteiger partial charge < -0.3 is 60.1 Å². The Bertz CT molecular complexity index is 3800. The minimum atomic E-state index is -3.80. The Hall–Kier alpha value is -8.23. The number of benzene rings is 5. The van der Waals surface area contributed by atoms with Crippen molar-refractivity contribution in [3.05, 3.63) is 171 Å². The van der Waals surface area contributed by atoms with Crippen molar-refractivity contribution in [1.82, 2.24) is 35.0 Å². The zero-order valence-corrected chi connectivity index (χ0v) is 65.9. The number of carboxylic acid groups (broad SMARTS) is 1. The topological polar surface area (TPSA) is 328 Å². The molecule has 0 spiro atoms. The van der Waals surface area contributed by atoms with Crippen LogP contribution in [0.3, 0.4) is 0 Å². The van der Waals surface area contributed by atoms with Crippen LogP contribution < -0.4 is 21.7 Å². The molecule has 106 heavy (non-hydrogen) atoms. The maximum Gasteiger partial charge on any atom is 0.411 e. The lowest BCUT2D eigenvalue weighted by atomic mass is 10.00. The molecule has 0 saturated carbocycles. The van der Waals surface area contributed by atoms with Gasteiger partial charge in [0.2, 0.25) is 27.7 Å². The molecular formula is C78H109Cl2N9O16S. The van der Waals surface area contributed by atoms with Gasteiger partial charge >= 0.3 is 18.2 Å². The molecule has 0 unspecified atom stereocenters. The third-order valence-electron chi connectivity index (χ3n) is 17.5. The van der Waals surface area contributed by atoms with Crippen molar-refractivity contribution < 1.29 is 75.5 Å². The van der Waals surface area contributed by atoms with E-state index in [9.17, 15) is 42.0 Å². The van der Waals surface area contributed by atoms with Crippen LogP contribution in [0.15, 0.2) is 126 Å². The normalized spacial score (nSPS) is 19.2. The van der Waals surface area contributed by atoms with E-state index < -0.39 is 63.4 Å². The van der Waals surface area contributed by atoms with E-state index >= 15 is 0 Å². The summed E-state index contributed by atoms with van der Waals surface area (Å²) < 4.78 is 58.8. The van der Waals surface area contributed by atoms with E-state index in [1.807, 2.05) is 90.1 Å². The number of carbonyl (C=O) groups excluding carboxylic acids is 6. The van der Waals surface area contributed by atoms with Crippen LogP contribution in [0.4, 0.5) is 9.59 Å². The fourth-order valence-corrected chi connectivity index (χ4v) is 12.8. The summed E-state index contributed by atoms with van der Waals surface area (Å²) in [5.41, 5.74) is 13.7. The number of rotatable bonds is 14. The van der Waals surface area contributed by atoms with Crippen LogP contribution in [0, 0.1) is 50.9 Å². The zero-order valence-electron chi connectivity index (χ0n) is 63.5. The third kappa shape index (κ3) is 28.2. The standard InChI is InChI=1S/C25H28N4O5S.C19H28N2O4.C15H21NO2.C10H17NO5.C9H13N.2ClH/c1-17-6-8-20(9-7-17)18(2)27-24(30)23-16-34-11-10-29(23)25(31)21-4-3-5-22(12-21)35(32,33)28-14-19(13-26)15-28;1-13-6-8-15(9-7-13)14(2)20-17(22)16-12-24-11-10-21(16)18(23)25-19(3,4)5;1-11-5-7-13(8-6-11)12(2)16-15(17)14-4-3-9-18-10-14;1-10(2,3)16-9(14)11-4-5-15-6-7(11)8(12)13;1-7-3-5-9(6-4-7)8(2)10;;/h3-9,12,18-19,23H,10-11,14-16H2,1-2H3,(H,27,30);6-9,14,16H,10-12H2,1-5H3,(H,20,22);5-8,12,14H,3-4,9-10H2,1-2H3,(H,16,17);7H,4-6H2,1-3H3,(H,12,13);3-6,8H,10H2,1-2H3;2*1H/t18-,23-;14-,16-;12-,14-;7-;8-;;/m11111../s1. The van der Waals surface area contributed by atoms with Gasteiger partial charge in [-0.15, -0.1) is 24.8 Å². The number of sulfonamides is 1. The number of ether oxygens (including phenoxy) is 6. The fraction of sp³-hybridized carbons (Fsp3) is 0.513. The van der Waals surface area contributed by atoms with Gasteiger partial charge in [-0.2, -0.15) is 9.57 Å². The zero-order chi connectivity index (χ0) is 76.6. The molecule has 0 aliphatic carbocycles. The van der Waals surface area contributed by atoms with Crippen molar-refractivity contribution in [1.29, 1.82) is 5.26 Å². The first-order valence-electron chi connectivity index (χ1n) is 35.3. The number of nitrogens with zero attached hydrogens (tertiary/aromatic N) is 5. The molecule has 25 nitrogen and oxygen atoms in total. The molecule has 0 aromatic heterocycles. The van der Waals surface area contributed by atoms with Gasteiger partial charge in [0.1, 0.15) is 23.3 Å². The van der Waals surface area contributed by atoms with Crippen LogP contribution >= 0.6 is 24.8 Å². The molecular weight excluding hydrogens is 1420 g/mol. The summed E-state index contributed by atoms with van der Waals surface area (Å²) in [6.45, 7) is 30.3. The van der Waals surface area contributed by atoms with E-state index in [1.54, 1.807) is 41.5 Å². The quantitative estimate of drug-likeness (QED) is 0.0690. The number of aryl methyl sites for hydroxylation is 4. The SMILES string of the molecule is CC(C)(C)OC(=O)N1CCOC[C@@H]1C(=O)O.Cc1ccc([C@@H](C)N)cc1.Cc1ccc([C@@H](C)NC(=O)[C@@H]2CCCOC2)cc1.Cc1ccc([C@@H](C)NC(=O)[C@H]2COCCN2C(=O)OC(C)(C)C)cc1.Cc1ccc([C@@H](C)NC(=O)[C@H]2COCCN2C(=O)c2cccc(S(=O)(=O)N3CC(C#N)C3)c2)cc1.Cl.Cl. The summed E-state index contributed by atoms with van der Waals surface area (Å²) in [5, 5.41) is 26.8. The second-order valence-electron chi connectivity index (χ2n) is 28.7. The van der Waals surface area contributed by atoms with Crippen molar-refractivity contribution in [3.63, 3.8) is 0 Å². The third-order valence-corrected chi connectivity index (χ3v) is 19.3. The molecule has 6 N–H and O–H groups in total. The molecule has 5 saturated heterocycles. The number of hydrogen-bond acceptors (Lipinski definition) is 17. The molecule has 0 radical (unpaired) electrons. The minimum absolute atomic E-state index is 0. The number of carboxylic acids is 1. The highest BCUT2D eigenvalue weighted by molar-refractivity contribution is 7.89. The lowest BCUT2D eigenvalue weighted by Crippen LogP contribution is -2.57. The highest BCUT2D eigenvalue weighted by atomic mass is 35.5. The highest BCUT2D eigenvalue weighted by Gasteiger charge is 2.40. The summed E-state index contributed by atoms with van der Waals surface area (Å²) in [6, 6.07) is 37.6. The van der Waals surface area contributed by atoms with Crippen LogP contribution in [0.5, 0.6) is 0 Å². The summed E-state index contributed by atoms with van der Waals surface area (Å²) in [4.78, 5) is 90.3. The second-order valence-corrected chi connectivity index (χ2v) is 30.6. The van der Waals surface area contributed by atoms with Gasteiger partial charge in [0, 0.05) is 50.9 Å². The van der Waals surface area contributed by atoms with Crippen LogP contribution in [0.2, 0.25) is 0 Å². The summed E-state index contributed by atoms with van der Waals surface area (Å²) >= 11 is 0. The van der Waals surface area contributed by atoms with E-state index in [0.29, 0.717) is 26.4 Å². The molecule has 5 aliphatic heterocycles. The van der Waals surface area contributed by atoms with E-state index in [1.165, 1.54) is 65.5 Å². The predicted molar refractivity (Wildman–Crippen MR) is 408 cm³/mol. The molecule has 0 bridgehead atoms. The molecule has 28 heteroatoms. The van der Waals surface area contributed by atoms with Gasteiger partial charge in [0.05, 0.1) is 87.2 Å². The maximum absolute atomic E-state index is 13.4. The lowest BCUT2D eigenvalue weighted by molar-refractivity contribution is -0.149. The predicted octanol–water partition coefficient (Wildman–Crippen LogP) is 10.8. The molecule has 8 atom stereocenters. The van der Waals surface area contributed by atoms with Gasteiger partial charge in [-0.05, 0) is 150 Å². The van der Waals surface area contributed by atoms with Gasteiger partial charge in [0.15, 0.2) is 6.04 Å². The molecule has 5 aliphatic rings. The van der Waals surface area contributed by atoms with E-state index in [2.05, 4.69) is 84.4 Å². The van der Waals surface area contributed by atoms with Crippen molar-refractivity contribution in [3.8, 4) is 6.07 Å². The van der Waals surface area contributed by atoms with E-state index in [0.717, 1.165) is 41.7 Å². The number of hydrogen-bond donors (Lipinski definition) is 5. The Balaban J connectivity index is 0.000000295. The Morgan fingerprint density at radius 1 is 0.538 bits per heavy atom. The first-order valence-corrected chi connectivity index (χ1v) is 36.8. The number of carbonyl (C=O) groups is 7. The van der Waals surface area contributed by atoms with Crippen molar-refractivity contribution in [2.75, 3.05) is 85.6 Å². The van der Waals surface area contributed by atoms with Gasteiger partial charge in [-0.3, -0.25) is 29.0 Å². The second kappa shape index (κ2) is 42.3. The maximum atomic E-state index is 13.4. The van der Waals surface area contributed by atoms with Crippen molar-refractivity contribution in [2.45, 2.75) is 168 Å². The average molecular weight is 1530 g/mol. The Kier molecular flexibility index (Phi) is 36.0.